The number of carbonyl (C=O) groups is 1. The maximum atomic E-state index is 13.3. The van der Waals surface area contributed by atoms with Crippen LogP contribution in [0.2, 0.25) is 10.0 Å². The Morgan fingerprint density at radius 2 is 1.66 bits per heavy atom. The number of benzene rings is 3. The fourth-order valence-corrected chi connectivity index (χ4v) is 6.81. The summed E-state index contributed by atoms with van der Waals surface area (Å²) < 4.78 is 35.2. The molecule has 2 amide bonds. The van der Waals surface area contributed by atoms with Crippen LogP contribution in [0.5, 0.6) is 23.0 Å². The summed E-state index contributed by atoms with van der Waals surface area (Å²) in [7, 11) is -3.97. The highest BCUT2D eigenvalue weighted by atomic mass is 35.5. The van der Waals surface area contributed by atoms with Gasteiger partial charge in [-0.3, -0.25) is 0 Å². The summed E-state index contributed by atoms with van der Waals surface area (Å²) in [6.45, 7) is 4.00. The first-order valence-electron chi connectivity index (χ1n) is 12.3. The Hall–Kier alpha value is -3.48. The molecule has 0 saturated carbocycles. The van der Waals surface area contributed by atoms with E-state index < -0.39 is 16.1 Å². The predicted octanol–water partition coefficient (Wildman–Crippen LogP) is 7.15. The molecule has 4 rings (SSSR count). The third-order valence-electron chi connectivity index (χ3n) is 5.83. The summed E-state index contributed by atoms with van der Waals surface area (Å²) in [5, 5.41) is 27.1. The number of rotatable bonds is 10. The summed E-state index contributed by atoms with van der Waals surface area (Å²) in [6, 6.07) is 15.3. The normalized spacial score (nSPS) is 11.4. The first-order chi connectivity index (χ1) is 19.4. The highest BCUT2D eigenvalue weighted by molar-refractivity contribution is 7.91. The number of hydrogen-bond donors (Lipinski definition) is 5. The number of urea groups is 1. The van der Waals surface area contributed by atoms with Crippen molar-refractivity contribution in [3.8, 4) is 34.1 Å². The number of sulfonamides is 1. The van der Waals surface area contributed by atoms with Gasteiger partial charge in [0.2, 0.25) is 0 Å². The van der Waals surface area contributed by atoms with Crippen LogP contribution in [0.4, 0.5) is 10.5 Å². The molecule has 0 bridgehead atoms. The average Bonchev–Trinajstić information content (AvgIpc) is 3.39. The van der Waals surface area contributed by atoms with Gasteiger partial charge in [-0.15, -0.1) is 11.3 Å². The number of thiophene rings is 1. The molecule has 0 fully saturated rings. The highest BCUT2D eigenvalue weighted by Gasteiger charge is 2.24. The molecule has 0 atom stereocenters. The number of aromatic hydroxyl groups is 2. The maximum Gasteiger partial charge on any atom is 0.319 e. The molecule has 3 aromatic carbocycles. The number of amides is 2. The van der Waals surface area contributed by atoms with Gasteiger partial charge in [-0.2, -0.15) is 0 Å². The van der Waals surface area contributed by atoms with Crippen LogP contribution >= 0.6 is 34.5 Å². The average molecular weight is 637 g/mol. The molecule has 0 saturated heterocycles. The quantitative estimate of drug-likeness (QED) is 0.0927. The van der Waals surface area contributed by atoms with Gasteiger partial charge in [-0.05, 0) is 65.4 Å². The number of hydrogen-bond acceptors (Lipinski definition) is 7. The Morgan fingerprint density at radius 1 is 0.927 bits per heavy atom. The summed E-state index contributed by atoms with van der Waals surface area (Å²) >= 11 is 12.9. The third kappa shape index (κ3) is 7.84. The molecule has 0 aliphatic heterocycles. The summed E-state index contributed by atoms with van der Waals surface area (Å²) in [6.07, 6.45) is 0. The van der Waals surface area contributed by atoms with Gasteiger partial charge in [-0.25, -0.2) is 17.9 Å². The molecular formula is C28H27Cl2N3O6S2. The molecule has 5 N–H and O–H groups in total. The second-order valence-electron chi connectivity index (χ2n) is 9.22. The minimum absolute atomic E-state index is 0.0155. The van der Waals surface area contributed by atoms with Gasteiger partial charge in [0.15, 0.2) is 11.5 Å². The van der Waals surface area contributed by atoms with Crippen molar-refractivity contribution >= 4 is 56.3 Å². The summed E-state index contributed by atoms with van der Waals surface area (Å²) in [5.74, 6) is 0.169. The first kappa shape index (κ1) is 30.5. The van der Waals surface area contributed by atoms with Crippen LogP contribution in [0.3, 0.4) is 0 Å². The van der Waals surface area contributed by atoms with E-state index >= 15 is 0 Å². The molecule has 9 nitrogen and oxygen atoms in total. The molecule has 0 spiro atoms. The van der Waals surface area contributed by atoms with Crippen molar-refractivity contribution in [1.82, 2.24) is 10.0 Å². The van der Waals surface area contributed by atoms with Crippen LogP contribution in [0, 0.1) is 0 Å². The van der Waals surface area contributed by atoms with Crippen LogP contribution in [0.25, 0.3) is 11.1 Å². The maximum absolute atomic E-state index is 13.3. The fraction of sp³-hybridized carbons (Fsp3) is 0.179. The van der Waals surface area contributed by atoms with E-state index in [9.17, 15) is 23.4 Å². The Morgan fingerprint density at radius 3 is 2.34 bits per heavy atom. The number of halogens is 2. The standard InChI is InChI=1S/C28H27Cl2N3O6S2/c1-16(2)17-3-6-26(39-21-4-5-24(34)25(35)15-21)23(11-17)22-7-10-40-27(22)41(37,38)32-9-8-31-28(36)33-20-13-18(29)12-19(30)14-20/h3-7,10-16,32,34-35H,8-9H2,1-2H3,(H2,31,33,36). The van der Waals surface area contributed by atoms with Gasteiger partial charge >= 0.3 is 6.03 Å². The summed E-state index contributed by atoms with van der Waals surface area (Å²) in [5.41, 5.74) is 2.35. The largest absolute Gasteiger partial charge is 0.504 e. The number of phenols is 2. The molecule has 4 aromatic rings. The van der Waals surface area contributed by atoms with E-state index in [0.717, 1.165) is 16.9 Å². The lowest BCUT2D eigenvalue weighted by Gasteiger charge is -2.16. The van der Waals surface area contributed by atoms with Crippen LogP contribution in [0.15, 0.2) is 70.3 Å². The summed E-state index contributed by atoms with van der Waals surface area (Å²) in [4.78, 5) is 12.2. The number of phenolic OH excluding ortho intramolecular Hbond substituents is 2. The second-order valence-corrected chi connectivity index (χ2v) is 13.0. The third-order valence-corrected chi connectivity index (χ3v) is 9.21. The molecular weight excluding hydrogens is 609 g/mol. The van der Waals surface area contributed by atoms with Crippen LogP contribution < -0.4 is 20.1 Å². The number of anilines is 1. The number of ether oxygens (including phenoxy) is 1. The van der Waals surface area contributed by atoms with E-state index in [1.165, 1.54) is 36.4 Å². The molecule has 0 aliphatic carbocycles. The minimum Gasteiger partial charge on any atom is -0.504 e. The van der Waals surface area contributed by atoms with Crippen molar-refractivity contribution in [1.29, 1.82) is 0 Å². The fourth-order valence-electron chi connectivity index (χ4n) is 3.83. The predicted molar refractivity (Wildman–Crippen MR) is 162 cm³/mol. The first-order valence-corrected chi connectivity index (χ1v) is 15.5. The van der Waals surface area contributed by atoms with Gasteiger partial charge in [0.05, 0.1) is 0 Å². The number of nitrogens with one attached hydrogen (secondary N) is 3. The molecule has 1 aromatic heterocycles. The molecule has 13 heteroatoms. The zero-order valence-electron chi connectivity index (χ0n) is 21.9. The van der Waals surface area contributed by atoms with E-state index in [2.05, 4.69) is 15.4 Å². The van der Waals surface area contributed by atoms with Crippen LogP contribution in [-0.4, -0.2) is 37.8 Å². The number of carbonyl (C=O) groups excluding carboxylic acids is 1. The molecule has 1 heterocycles. The molecule has 0 aliphatic rings. The Kier molecular flexibility index (Phi) is 9.67. The van der Waals surface area contributed by atoms with Crippen molar-refractivity contribution in [3.63, 3.8) is 0 Å². The van der Waals surface area contributed by atoms with Gasteiger partial charge < -0.3 is 25.6 Å². The van der Waals surface area contributed by atoms with E-state index in [-0.39, 0.29) is 40.5 Å². The molecule has 41 heavy (non-hydrogen) atoms. The zero-order chi connectivity index (χ0) is 29.7. The monoisotopic (exact) mass is 635 g/mol. The smallest absolute Gasteiger partial charge is 0.319 e. The Bertz CT molecular complexity index is 1660. The molecule has 0 unspecified atom stereocenters. The van der Waals surface area contributed by atoms with Crippen molar-refractivity contribution in [2.75, 3.05) is 18.4 Å². The molecule has 0 radical (unpaired) electrons. The molecule has 216 valence electrons. The van der Waals surface area contributed by atoms with Crippen molar-refractivity contribution < 1.29 is 28.2 Å². The van der Waals surface area contributed by atoms with E-state index in [4.69, 9.17) is 27.9 Å². The van der Waals surface area contributed by atoms with Gasteiger partial charge in [0.1, 0.15) is 15.7 Å². The van der Waals surface area contributed by atoms with E-state index in [1.807, 2.05) is 26.0 Å². The second kappa shape index (κ2) is 13.0. The Balaban J connectivity index is 1.49. The van der Waals surface area contributed by atoms with Crippen molar-refractivity contribution in [2.45, 2.75) is 24.0 Å². The lowest BCUT2D eigenvalue weighted by Crippen LogP contribution is -2.36. The van der Waals surface area contributed by atoms with Gasteiger partial charge in [-0.1, -0.05) is 43.1 Å². The lowest BCUT2D eigenvalue weighted by molar-refractivity contribution is 0.252. The topological polar surface area (TPSA) is 137 Å². The van der Waals surface area contributed by atoms with E-state index in [1.54, 1.807) is 17.5 Å². The van der Waals surface area contributed by atoms with Crippen molar-refractivity contribution in [2.24, 2.45) is 0 Å². The Labute approximate surface area is 251 Å². The zero-order valence-corrected chi connectivity index (χ0v) is 25.1. The van der Waals surface area contributed by atoms with Crippen LogP contribution in [0.1, 0.15) is 25.3 Å². The van der Waals surface area contributed by atoms with E-state index in [0.29, 0.717) is 32.6 Å². The highest BCUT2D eigenvalue weighted by Crippen LogP contribution is 2.41. The minimum atomic E-state index is -3.97. The van der Waals surface area contributed by atoms with Crippen molar-refractivity contribution in [3.05, 3.63) is 81.7 Å². The lowest BCUT2D eigenvalue weighted by atomic mass is 9.98. The van der Waals surface area contributed by atoms with Gasteiger partial charge in [0.25, 0.3) is 10.0 Å². The van der Waals surface area contributed by atoms with Crippen LogP contribution in [-0.2, 0) is 10.0 Å². The SMILES string of the molecule is CC(C)c1ccc(Oc2ccc(O)c(O)c2)c(-c2ccsc2S(=O)(=O)NCCNC(=O)Nc2cc(Cl)cc(Cl)c2)c1. The van der Waals surface area contributed by atoms with Gasteiger partial charge in [0, 0.05) is 46.0 Å².